The van der Waals surface area contributed by atoms with Crippen molar-refractivity contribution in [2.75, 3.05) is 39.9 Å². The van der Waals surface area contributed by atoms with Gasteiger partial charge in [-0.2, -0.15) is 0 Å². The van der Waals surface area contributed by atoms with Crippen molar-refractivity contribution < 1.29 is 14.3 Å². The Hall–Kier alpha value is -1.59. The van der Waals surface area contributed by atoms with Crippen LogP contribution in [0.15, 0.2) is 24.3 Å². The van der Waals surface area contributed by atoms with E-state index in [2.05, 4.69) is 5.32 Å². The van der Waals surface area contributed by atoms with E-state index in [1.54, 1.807) is 7.11 Å². The molecule has 5 heteroatoms. The number of carbonyl (C=O) groups excluding carboxylic acids is 1. The third kappa shape index (κ3) is 4.72. The molecular weight excluding hydrogens is 268 g/mol. The molecule has 1 unspecified atom stereocenters. The molecule has 1 amide bonds. The molecule has 0 radical (unpaired) electrons. The van der Waals surface area contributed by atoms with Gasteiger partial charge in [-0.25, -0.2) is 0 Å². The van der Waals surface area contributed by atoms with E-state index in [9.17, 15) is 4.79 Å². The number of rotatable bonds is 6. The van der Waals surface area contributed by atoms with Gasteiger partial charge < -0.3 is 19.7 Å². The minimum atomic E-state index is -0.451. The summed E-state index contributed by atoms with van der Waals surface area (Å²) < 4.78 is 10.8. The zero-order valence-electron chi connectivity index (χ0n) is 12.8. The number of amides is 1. The van der Waals surface area contributed by atoms with Crippen LogP contribution >= 0.6 is 0 Å². The fraction of sp³-hybridized carbons (Fsp3) is 0.562. The van der Waals surface area contributed by atoms with E-state index >= 15 is 0 Å². The monoisotopic (exact) mass is 292 g/mol. The summed E-state index contributed by atoms with van der Waals surface area (Å²) in [5, 5.41) is 3.24. The Balaban J connectivity index is 1.86. The van der Waals surface area contributed by atoms with Crippen LogP contribution in [-0.2, 0) is 16.0 Å². The summed E-state index contributed by atoms with van der Waals surface area (Å²) in [5.41, 5.74) is 1.20. The lowest BCUT2D eigenvalue weighted by molar-refractivity contribution is -0.138. The van der Waals surface area contributed by atoms with Crippen molar-refractivity contribution in [1.29, 1.82) is 0 Å². The Labute approximate surface area is 126 Å². The molecule has 1 atom stereocenters. The molecule has 1 aromatic rings. The van der Waals surface area contributed by atoms with E-state index in [-0.39, 0.29) is 5.91 Å². The molecule has 21 heavy (non-hydrogen) atoms. The van der Waals surface area contributed by atoms with Crippen LogP contribution in [0.3, 0.4) is 0 Å². The molecule has 1 N–H and O–H groups in total. The van der Waals surface area contributed by atoms with Crippen LogP contribution in [0.25, 0.3) is 0 Å². The van der Waals surface area contributed by atoms with Crippen molar-refractivity contribution in [3.05, 3.63) is 29.8 Å². The maximum atomic E-state index is 12.3. The number of ether oxygens (including phenoxy) is 2. The van der Waals surface area contributed by atoms with Crippen LogP contribution in [-0.4, -0.2) is 56.8 Å². The second-order valence-electron chi connectivity index (χ2n) is 5.22. The zero-order chi connectivity index (χ0) is 15.1. The largest absolute Gasteiger partial charge is 0.481 e. The van der Waals surface area contributed by atoms with Crippen LogP contribution in [0, 0.1) is 0 Å². The minimum Gasteiger partial charge on any atom is -0.481 e. The predicted octanol–water partition coefficient (Wildman–Crippen LogP) is 1.07. The van der Waals surface area contributed by atoms with Gasteiger partial charge in [-0.05, 0) is 31.0 Å². The van der Waals surface area contributed by atoms with Crippen molar-refractivity contribution in [1.82, 2.24) is 10.2 Å². The maximum Gasteiger partial charge on any atom is 0.263 e. The molecule has 1 heterocycles. The summed E-state index contributed by atoms with van der Waals surface area (Å²) in [4.78, 5) is 14.1. The molecule has 116 valence electrons. The molecular formula is C16H24N2O3. The molecule has 5 nitrogen and oxygen atoms in total. The van der Waals surface area contributed by atoms with Gasteiger partial charge in [-0.1, -0.05) is 12.1 Å². The summed E-state index contributed by atoms with van der Waals surface area (Å²) in [5.74, 6) is 0.784. The van der Waals surface area contributed by atoms with Crippen molar-refractivity contribution in [3.63, 3.8) is 0 Å². The molecule has 1 aromatic carbocycles. The number of carbonyl (C=O) groups is 1. The highest BCUT2D eigenvalue weighted by Gasteiger charge is 2.23. The number of piperazine rings is 1. The molecule has 0 spiro atoms. The van der Waals surface area contributed by atoms with E-state index < -0.39 is 6.10 Å². The first kappa shape index (κ1) is 15.8. The van der Waals surface area contributed by atoms with E-state index in [0.29, 0.717) is 6.61 Å². The molecule has 1 aliphatic heterocycles. The Morgan fingerprint density at radius 2 is 1.95 bits per heavy atom. The quantitative estimate of drug-likeness (QED) is 0.852. The average molecular weight is 292 g/mol. The van der Waals surface area contributed by atoms with Crippen LogP contribution in [0.2, 0.25) is 0 Å². The highest BCUT2D eigenvalue weighted by molar-refractivity contribution is 5.81. The molecule has 1 saturated heterocycles. The van der Waals surface area contributed by atoms with Gasteiger partial charge in [0, 0.05) is 33.3 Å². The summed E-state index contributed by atoms with van der Waals surface area (Å²) in [7, 11) is 1.70. The van der Waals surface area contributed by atoms with Gasteiger partial charge >= 0.3 is 0 Å². The first-order chi connectivity index (χ1) is 10.2. The standard InChI is InChI=1S/C16H24N2O3/c1-13(16(19)18-10-8-17-9-11-18)21-15-5-3-14(4-6-15)7-12-20-2/h3-6,13,17H,7-12H2,1-2H3. The third-order valence-electron chi connectivity index (χ3n) is 3.61. The number of methoxy groups -OCH3 is 1. The van der Waals surface area contributed by atoms with Gasteiger partial charge in [-0.3, -0.25) is 4.79 Å². The number of hydrogen-bond acceptors (Lipinski definition) is 4. The Morgan fingerprint density at radius 3 is 2.57 bits per heavy atom. The molecule has 0 aliphatic carbocycles. The zero-order valence-corrected chi connectivity index (χ0v) is 12.8. The minimum absolute atomic E-state index is 0.0555. The van der Waals surface area contributed by atoms with E-state index in [0.717, 1.165) is 38.3 Å². The molecule has 1 aliphatic rings. The van der Waals surface area contributed by atoms with E-state index in [1.165, 1.54) is 5.56 Å². The summed E-state index contributed by atoms with van der Waals surface area (Å²) in [6.07, 6.45) is 0.430. The highest BCUT2D eigenvalue weighted by atomic mass is 16.5. The number of hydrogen-bond donors (Lipinski definition) is 1. The fourth-order valence-corrected chi connectivity index (χ4v) is 2.35. The first-order valence-electron chi connectivity index (χ1n) is 7.44. The molecule has 0 saturated carbocycles. The second kappa shape index (κ2) is 8.00. The van der Waals surface area contributed by atoms with Crippen LogP contribution in [0.5, 0.6) is 5.75 Å². The molecule has 0 aromatic heterocycles. The molecule has 0 bridgehead atoms. The third-order valence-corrected chi connectivity index (χ3v) is 3.61. The van der Waals surface area contributed by atoms with Gasteiger partial charge in [0.05, 0.1) is 6.61 Å². The lowest BCUT2D eigenvalue weighted by Gasteiger charge is -2.29. The maximum absolute atomic E-state index is 12.3. The molecule has 2 rings (SSSR count). The lowest BCUT2D eigenvalue weighted by Crippen LogP contribution is -2.50. The van der Waals surface area contributed by atoms with Crippen LogP contribution < -0.4 is 10.1 Å². The predicted molar refractivity (Wildman–Crippen MR) is 81.6 cm³/mol. The molecule has 1 fully saturated rings. The highest BCUT2D eigenvalue weighted by Crippen LogP contribution is 2.15. The normalized spacial score (nSPS) is 16.6. The van der Waals surface area contributed by atoms with Gasteiger partial charge in [-0.15, -0.1) is 0 Å². The van der Waals surface area contributed by atoms with Crippen molar-refractivity contribution in [3.8, 4) is 5.75 Å². The van der Waals surface area contributed by atoms with Crippen LogP contribution in [0.4, 0.5) is 0 Å². The SMILES string of the molecule is COCCc1ccc(OC(C)C(=O)N2CCNCC2)cc1. The fourth-order valence-electron chi connectivity index (χ4n) is 2.35. The number of benzene rings is 1. The lowest BCUT2D eigenvalue weighted by atomic mass is 10.1. The van der Waals surface area contributed by atoms with Crippen molar-refractivity contribution in [2.24, 2.45) is 0 Å². The van der Waals surface area contributed by atoms with Gasteiger partial charge in [0.25, 0.3) is 5.91 Å². The van der Waals surface area contributed by atoms with Crippen molar-refractivity contribution >= 4 is 5.91 Å². The van der Waals surface area contributed by atoms with Crippen LogP contribution in [0.1, 0.15) is 12.5 Å². The van der Waals surface area contributed by atoms with Crippen molar-refractivity contribution in [2.45, 2.75) is 19.4 Å². The Bertz CT molecular complexity index is 441. The summed E-state index contributed by atoms with van der Waals surface area (Å²) in [6.45, 7) is 5.73. The topological polar surface area (TPSA) is 50.8 Å². The Kier molecular flexibility index (Phi) is 6.02. The van der Waals surface area contributed by atoms with E-state index in [4.69, 9.17) is 9.47 Å². The van der Waals surface area contributed by atoms with Gasteiger partial charge in [0.15, 0.2) is 6.10 Å². The number of nitrogens with one attached hydrogen (secondary N) is 1. The first-order valence-corrected chi connectivity index (χ1v) is 7.44. The average Bonchev–Trinajstić information content (AvgIpc) is 2.54. The van der Waals surface area contributed by atoms with E-state index in [1.807, 2.05) is 36.1 Å². The van der Waals surface area contributed by atoms with Gasteiger partial charge in [0.1, 0.15) is 5.75 Å². The smallest absolute Gasteiger partial charge is 0.263 e. The Morgan fingerprint density at radius 1 is 1.29 bits per heavy atom. The second-order valence-corrected chi connectivity index (χ2v) is 5.22. The van der Waals surface area contributed by atoms with Gasteiger partial charge in [0.2, 0.25) is 0 Å². The summed E-state index contributed by atoms with van der Waals surface area (Å²) >= 11 is 0. The summed E-state index contributed by atoms with van der Waals surface area (Å²) in [6, 6.07) is 7.84. The number of nitrogens with zero attached hydrogens (tertiary/aromatic N) is 1.